The Labute approximate surface area is 128 Å². The van der Waals surface area contributed by atoms with Gasteiger partial charge in [0, 0.05) is 36.1 Å². The minimum Gasteiger partial charge on any atom is -0.384 e. The molecule has 1 aromatic heterocycles. The van der Waals surface area contributed by atoms with Gasteiger partial charge in [-0.3, -0.25) is 0 Å². The van der Waals surface area contributed by atoms with Crippen molar-refractivity contribution in [1.29, 1.82) is 0 Å². The van der Waals surface area contributed by atoms with Gasteiger partial charge in [-0.25, -0.2) is 4.99 Å². The third-order valence-electron chi connectivity index (χ3n) is 4.44. The highest BCUT2D eigenvalue weighted by atomic mass is 16.3. The maximum absolute atomic E-state index is 11.2. The molecule has 2 heterocycles. The Morgan fingerprint density at radius 3 is 2.73 bits per heavy atom. The van der Waals surface area contributed by atoms with Crippen LogP contribution in [-0.2, 0) is 19.1 Å². The van der Waals surface area contributed by atoms with E-state index >= 15 is 0 Å². The van der Waals surface area contributed by atoms with Crippen LogP contribution in [0.4, 0.5) is 5.69 Å². The molecule has 0 amide bonds. The molecule has 1 aliphatic rings. The zero-order valence-electron chi connectivity index (χ0n) is 12.3. The van der Waals surface area contributed by atoms with Crippen LogP contribution in [0.2, 0.25) is 0 Å². The first-order valence-corrected chi connectivity index (χ1v) is 7.29. The topological polar surface area (TPSA) is 63.5 Å². The molecule has 0 saturated heterocycles. The van der Waals surface area contributed by atoms with Gasteiger partial charge in [-0.15, -0.1) is 0 Å². The molecule has 4 heteroatoms. The van der Waals surface area contributed by atoms with Crippen LogP contribution in [0.5, 0.6) is 0 Å². The van der Waals surface area contributed by atoms with E-state index in [0.29, 0.717) is 6.42 Å². The van der Waals surface area contributed by atoms with E-state index in [0.717, 1.165) is 27.7 Å². The summed E-state index contributed by atoms with van der Waals surface area (Å²) in [5, 5.41) is 12.3. The van der Waals surface area contributed by atoms with Gasteiger partial charge in [0.15, 0.2) is 5.60 Å². The van der Waals surface area contributed by atoms with E-state index in [4.69, 9.17) is 5.73 Å². The lowest BCUT2D eigenvalue weighted by Crippen LogP contribution is -2.40. The van der Waals surface area contributed by atoms with Crippen molar-refractivity contribution in [2.24, 2.45) is 17.8 Å². The number of rotatable bonds is 2. The first-order chi connectivity index (χ1) is 10.6. The molecule has 0 aliphatic carbocycles. The quantitative estimate of drug-likeness (QED) is 0.762. The Hall–Kier alpha value is -2.59. The highest BCUT2D eigenvalue weighted by molar-refractivity contribution is 5.98. The number of amidine groups is 1. The van der Waals surface area contributed by atoms with Crippen LogP contribution in [0.1, 0.15) is 11.1 Å². The summed E-state index contributed by atoms with van der Waals surface area (Å²) in [7, 11) is 2.01. The van der Waals surface area contributed by atoms with Crippen LogP contribution in [-0.4, -0.2) is 15.5 Å². The summed E-state index contributed by atoms with van der Waals surface area (Å²) in [5.41, 5.74) is 8.56. The second kappa shape index (κ2) is 4.45. The third kappa shape index (κ3) is 1.71. The van der Waals surface area contributed by atoms with Crippen LogP contribution in [0.25, 0.3) is 10.9 Å². The van der Waals surface area contributed by atoms with Gasteiger partial charge < -0.3 is 15.4 Å². The number of para-hydroxylation sites is 2. The molecule has 1 unspecified atom stereocenters. The fourth-order valence-electron chi connectivity index (χ4n) is 3.31. The van der Waals surface area contributed by atoms with Crippen molar-refractivity contribution in [3.8, 4) is 0 Å². The normalized spacial score (nSPS) is 20.2. The average Bonchev–Trinajstić information content (AvgIpc) is 2.96. The van der Waals surface area contributed by atoms with E-state index in [9.17, 15) is 5.11 Å². The van der Waals surface area contributed by atoms with E-state index in [2.05, 4.69) is 27.9 Å². The van der Waals surface area contributed by atoms with Crippen molar-refractivity contribution in [1.82, 2.24) is 4.57 Å². The number of nitrogens with zero attached hydrogens (tertiary/aromatic N) is 2. The van der Waals surface area contributed by atoms with E-state index in [-0.39, 0.29) is 5.84 Å². The predicted molar refractivity (Wildman–Crippen MR) is 88.2 cm³/mol. The second-order valence-corrected chi connectivity index (χ2v) is 5.83. The SMILES string of the molecule is Cn1cc(CC2(O)C(N)=Nc3ccccc32)c2ccccc21. The van der Waals surface area contributed by atoms with E-state index < -0.39 is 5.60 Å². The maximum atomic E-state index is 11.2. The Balaban J connectivity index is 1.84. The minimum atomic E-state index is -1.24. The van der Waals surface area contributed by atoms with Gasteiger partial charge in [-0.1, -0.05) is 36.4 Å². The van der Waals surface area contributed by atoms with Gasteiger partial charge in [-0.05, 0) is 17.7 Å². The van der Waals surface area contributed by atoms with Crippen LogP contribution < -0.4 is 5.73 Å². The lowest BCUT2D eigenvalue weighted by Gasteiger charge is -2.23. The van der Waals surface area contributed by atoms with Gasteiger partial charge in [0.1, 0.15) is 5.84 Å². The smallest absolute Gasteiger partial charge is 0.153 e. The minimum absolute atomic E-state index is 0.265. The first-order valence-electron chi connectivity index (χ1n) is 7.29. The summed E-state index contributed by atoms with van der Waals surface area (Å²) in [6, 6.07) is 15.7. The van der Waals surface area contributed by atoms with Gasteiger partial charge in [0.05, 0.1) is 5.69 Å². The zero-order valence-corrected chi connectivity index (χ0v) is 12.3. The largest absolute Gasteiger partial charge is 0.384 e. The van der Waals surface area contributed by atoms with Crippen molar-refractivity contribution in [2.45, 2.75) is 12.0 Å². The summed E-state index contributed by atoms with van der Waals surface area (Å²) in [6.07, 6.45) is 2.47. The van der Waals surface area contributed by atoms with E-state index in [1.165, 1.54) is 0 Å². The lowest BCUT2D eigenvalue weighted by molar-refractivity contribution is 0.115. The molecule has 2 aromatic carbocycles. The Morgan fingerprint density at radius 1 is 1.14 bits per heavy atom. The monoisotopic (exact) mass is 291 g/mol. The molecule has 4 nitrogen and oxygen atoms in total. The zero-order chi connectivity index (χ0) is 15.3. The molecular weight excluding hydrogens is 274 g/mol. The van der Waals surface area contributed by atoms with Crippen molar-refractivity contribution in [2.75, 3.05) is 0 Å². The van der Waals surface area contributed by atoms with Gasteiger partial charge in [0.25, 0.3) is 0 Å². The number of aryl methyl sites for hydroxylation is 1. The number of hydrogen-bond acceptors (Lipinski definition) is 3. The fourth-order valence-corrected chi connectivity index (χ4v) is 3.31. The number of benzene rings is 2. The fraction of sp³-hybridized carbons (Fsp3) is 0.167. The molecule has 110 valence electrons. The van der Waals surface area contributed by atoms with E-state index in [1.807, 2.05) is 43.4 Å². The average molecular weight is 291 g/mol. The molecule has 3 aromatic rings. The highest BCUT2D eigenvalue weighted by Crippen LogP contribution is 2.40. The molecule has 1 aliphatic heterocycles. The Morgan fingerprint density at radius 2 is 1.86 bits per heavy atom. The van der Waals surface area contributed by atoms with Gasteiger partial charge in [0.2, 0.25) is 0 Å². The second-order valence-electron chi connectivity index (χ2n) is 5.83. The Bertz CT molecular complexity index is 910. The number of fused-ring (bicyclic) bond motifs is 2. The van der Waals surface area contributed by atoms with Crippen molar-refractivity contribution >= 4 is 22.4 Å². The molecule has 0 saturated carbocycles. The van der Waals surface area contributed by atoms with Crippen molar-refractivity contribution in [3.05, 3.63) is 65.9 Å². The van der Waals surface area contributed by atoms with Crippen LogP contribution in [0.3, 0.4) is 0 Å². The molecule has 22 heavy (non-hydrogen) atoms. The summed E-state index contributed by atoms with van der Waals surface area (Å²) >= 11 is 0. The first kappa shape index (κ1) is 13.1. The molecule has 0 fully saturated rings. The summed E-state index contributed by atoms with van der Waals surface area (Å²) in [5.74, 6) is 0.265. The maximum Gasteiger partial charge on any atom is 0.153 e. The molecule has 0 radical (unpaired) electrons. The van der Waals surface area contributed by atoms with Crippen molar-refractivity contribution in [3.63, 3.8) is 0 Å². The lowest BCUT2D eigenvalue weighted by atomic mass is 9.87. The number of nitrogens with two attached hydrogens (primary N) is 1. The molecule has 0 spiro atoms. The molecular formula is C18H17N3O. The predicted octanol–water partition coefficient (Wildman–Crippen LogP) is 2.61. The molecule has 4 rings (SSSR count). The summed E-state index contributed by atoms with van der Waals surface area (Å²) in [6.45, 7) is 0. The van der Waals surface area contributed by atoms with Crippen LogP contribution in [0.15, 0.2) is 59.7 Å². The van der Waals surface area contributed by atoms with Gasteiger partial charge in [-0.2, -0.15) is 0 Å². The number of hydrogen-bond donors (Lipinski definition) is 2. The number of aliphatic hydroxyl groups is 1. The molecule has 3 N–H and O–H groups in total. The highest BCUT2D eigenvalue weighted by Gasteiger charge is 2.40. The van der Waals surface area contributed by atoms with Crippen LogP contribution >= 0.6 is 0 Å². The number of aromatic nitrogens is 1. The Kier molecular flexibility index (Phi) is 2.65. The summed E-state index contributed by atoms with van der Waals surface area (Å²) < 4.78 is 2.07. The summed E-state index contributed by atoms with van der Waals surface area (Å²) in [4.78, 5) is 4.33. The van der Waals surface area contributed by atoms with Crippen LogP contribution in [0, 0.1) is 0 Å². The van der Waals surface area contributed by atoms with Gasteiger partial charge >= 0.3 is 0 Å². The number of aliphatic imine (C=N–C) groups is 1. The van der Waals surface area contributed by atoms with Crippen molar-refractivity contribution < 1.29 is 5.11 Å². The molecule has 0 bridgehead atoms. The van der Waals surface area contributed by atoms with E-state index in [1.54, 1.807) is 0 Å². The third-order valence-corrected chi connectivity index (χ3v) is 4.44. The standard InChI is InChI=1S/C18H17N3O/c1-21-11-12(13-6-2-5-9-16(13)21)10-18(22)14-7-3-4-8-15(14)20-17(18)19/h2-9,11,22H,10H2,1H3,(H2,19,20). The molecule has 1 atom stereocenters.